The molecule has 1 saturated heterocycles. The molecule has 0 N–H and O–H groups in total. The number of ether oxygens (including phenoxy) is 10. The van der Waals surface area contributed by atoms with Gasteiger partial charge in [0, 0.05) is 59.8 Å². The van der Waals surface area contributed by atoms with Crippen LogP contribution in [0.1, 0.15) is 75.6 Å². The molecule has 5 rings (SSSR count). The van der Waals surface area contributed by atoms with Crippen LogP contribution in [0.3, 0.4) is 0 Å². The van der Waals surface area contributed by atoms with Crippen LogP contribution in [-0.4, -0.2) is 84.9 Å². The van der Waals surface area contributed by atoms with Crippen LogP contribution >= 0.6 is 0 Å². The van der Waals surface area contributed by atoms with E-state index < -0.39 is 91.0 Å². The van der Waals surface area contributed by atoms with E-state index in [1.165, 1.54) is 56.3 Å². The first-order valence-electron chi connectivity index (χ1n) is 18.3. The average Bonchev–Trinajstić information content (AvgIpc) is 3.15. The quantitative estimate of drug-likeness (QED) is 0.101. The number of carbonyl (C=O) groups excluding carboxylic acids is 8. The summed E-state index contributed by atoms with van der Waals surface area (Å²) in [5, 5.41) is 0. The maximum absolute atomic E-state index is 13.6. The largest absolute Gasteiger partial charge is 0.484 e. The number of hydrogen-bond donors (Lipinski definition) is 0. The molecule has 18 nitrogen and oxygen atoms in total. The normalized spacial score (nSPS) is 20.7. The van der Waals surface area contributed by atoms with Gasteiger partial charge >= 0.3 is 41.8 Å². The zero-order valence-corrected chi connectivity index (χ0v) is 33.2. The summed E-state index contributed by atoms with van der Waals surface area (Å²) in [4.78, 5) is 98.5. The molecule has 316 valence electrons. The fourth-order valence-electron chi connectivity index (χ4n) is 6.21. The van der Waals surface area contributed by atoms with Crippen molar-refractivity contribution in [2.75, 3.05) is 6.61 Å². The van der Waals surface area contributed by atoms with Crippen LogP contribution in [-0.2, 0) is 57.2 Å². The molecule has 0 aromatic heterocycles. The molecular formula is C42H40O18. The summed E-state index contributed by atoms with van der Waals surface area (Å²) in [5.74, 6) is -5.63. The Morgan fingerprint density at radius 3 is 1.77 bits per heavy atom. The Balaban J connectivity index is 1.46. The van der Waals surface area contributed by atoms with Crippen molar-refractivity contribution in [3.8, 4) is 28.7 Å². The maximum atomic E-state index is 13.6. The Bertz CT molecular complexity index is 2170. The minimum absolute atomic E-state index is 0.0680. The van der Waals surface area contributed by atoms with Crippen molar-refractivity contribution in [3.63, 3.8) is 0 Å². The topological polar surface area (TPSA) is 229 Å². The summed E-state index contributed by atoms with van der Waals surface area (Å²) in [5.41, 5.74) is 1.02. The van der Waals surface area contributed by atoms with Crippen LogP contribution in [0.4, 0.5) is 0 Å². The number of Topliss-reactive ketones (excluding diaryl/α,β-unsaturated/α-hetero) is 1. The zero-order chi connectivity index (χ0) is 43.7. The monoisotopic (exact) mass is 832 g/mol. The standard InChI is InChI=1S/C42H40O18/c1-21(43)52-29-12-7-27(8-13-29)9-16-37(50)51-20-36-39(55-24(4)46)40(56-25(5)47)41(57-26(6)48)42(60-36)58-31-17-34(54-23(3)45)38-32(49)19-33(59-35(38)18-31)28-10-14-30(15-11-28)53-22(2)44/h7-18,33,36,39-42H,19-20H2,1-6H3. The van der Waals surface area contributed by atoms with Crippen molar-refractivity contribution in [2.24, 2.45) is 0 Å². The van der Waals surface area contributed by atoms with E-state index in [1.807, 2.05) is 0 Å². The van der Waals surface area contributed by atoms with Crippen molar-refractivity contribution in [3.05, 3.63) is 83.4 Å². The number of hydrogen-bond acceptors (Lipinski definition) is 18. The second-order valence-electron chi connectivity index (χ2n) is 13.3. The molecule has 6 atom stereocenters. The summed E-state index contributed by atoms with van der Waals surface area (Å²) in [6.07, 6.45) is -6.35. The van der Waals surface area contributed by atoms with Crippen molar-refractivity contribution >= 4 is 53.6 Å². The lowest BCUT2D eigenvalue weighted by atomic mass is 9.95. The minimum atomic E-state index is -1.70. The zero-order valence-electron chi connectivity index (χ0n) is 33.2. The summed E-state index contributed by atoms with van der Waals surface area (Å²) >= 11 is 0. The lowest BCUT2D eigenvalue weighted by molar-refractivity contribution is -0.288. The van der Waals surface area contributed by atoms with Gasteiger partial charge in [-0.05, 0) is 41.5 Å². The van der Waals surface area contributed by atoms with Crippen LogP contribution in [0.5, 0.6) is 28.7 Å². The van der Waals surface area contributed by atoms with Crippen molar-refractivity contribution < 1.29 is 85.7 Å². The molecule has 0 radical (unpaired) electrons. The third-order valence-electron chi connectivity index (χ3n) is 8.42. The van der Waals surface area contributed by atoms with E-state index in [4.69, 9.17) is 47.4 Å². The number of esters is 7. The van der Waals surface area contributed by atoms with Crippen molar-refractivity contribution in [1.82, 2.24) is 0 Å². The molecule has 0 spiro atoms. The molecule has 0 amide bonds. The molecule has 60 heavy (non-hydrogen) atoms. The summed E-state index contributed by atoms with van der Waals surface area (Å²) in [6, 6.07) is 15.0. The van der Waals surface area contributed by atoms with E-state index in [9.17, 15) is 38.4 Å². The van der Waals surface area contributed by atoms with Gasteiger partial charge in [0.2, 0.25) is 12.4 Å². The fraction of sp³-hybridized carbons (Fsp3) is 0.333. The Morgan fingerprint density at radius 2 is 1.20 bits per heavy atom. The van der Waals surface area contributed by atoms with Crippen LogP contribution in [0.25, 0.3) is 6.08 Å². The Labute approximate surface area is 342 Å². The first-order valence-corrected chi connectivity index (χ1v) is 18.3. The highest BCUT2D eigenvalue weighted by Gasteiger charge is 2.53. The highest BCUT2D eigenvalue weighted by Crippen LogP contribution is 2.44. The molecule has 3 aromatic carbocycles. The van der Waals surface area contributed by atoms with Gasteiger partial charge in [0.05, 0.1) is 6.42 Å². The van der Waals surface area contributed by atoms with Crippen LogP contribution in [0.15, 0.2) is 66.7 Å². The highest BCUT2D eigenvalue weighted by molar-refractivity contribution is 6.03. The molecule has 18 heteroatoms. The van der Waals surface area contributed by atoms with E-state index in [0.29, 0.717) is 16.9 Å². The average molecular weight is 833 g/mol. The molecule has 3 aromatic rings. The third-order valence-corrected chi connectivity index (χ3v) is 8.42. The second kappa shape index (κ2) is 19.6. The van der Waals surface area contributed by atoms with Gasteiger partial charge in [0.1, 0.15) is 53.1 Å². The maximum Gasteiger partial charge on any atom is 0.330 e. The van der Waals surface area contributed by atoms with Gasteiger partial charge < -0.3 is 47.4 Å². The molecule has 6 unspecified atom stereocenters. The van der Waals surface area contributed by atoms with E-state index >= 15 is 0 Å². The first kappa shape index (κ1) is 44.0. The molecule has 0 saturated carbocycles. The molecule has 0 aliphatic carbocycles. The highest BCUT2D eigenvalue weighted by atomic mass is 16.7. The van der Waals surface area contributed by atoms with E-state index in [1.54, 1.807) is 24.3 Å². The summed E-state index contributed by atoms with van der Waals surface area (Å²) in [6.45, 7) is 6.19. The van der Waals surface area contributed by atoms with Crippen molar-refractivity contribution in [1.29, 1.82) is 0 Å². The predicted octanol–water partition coefficient (Wildman–Crippen LogP) is 4.32. The van der Waals surface area contributed by atoms with Crippen LogP contribution in [0.2, 0.25) is 0 Å². The molecule has 2 heterocycles. The summed E-state index contributed by atoms with van der Waals surface area (Å²) < 4.78 is 56.0. The van der Waals surface area contributed by atoms with E-state index in [0.717, 1.165) is 33.8 Å². The van der Waals surface area contributed by atoms with E-state index in [-0.39, 0.29) is 35.0 Å². The van der Waals surface area contributed by atoms with Gasteiger partial charge in [-0.25, -0.2) is 4.79 Å². The Morgan fingerprint density at radius 1 is 0.650 bits per heavy atom. The van der Waals surface area contributed by atoms with Crippen LogP contribution < -0.4 is 23.7 Å². The Hall–Kier alpha value is -7.08. The lowest BCUT2D eigenvalue weighted by Crippen LogP contribution is -2.63. The van der Waals surface area contributed by atoms with E-state index in [2.05, 4.69) is 0 Å². The fourth-order valence-corrected chi connectivity index (χ4v) is 6.21. The van der Waals surface area contributed by atoms with Crippen LogP contribution in [0, 0.1) is 0 Å². The molecular weight excluding hydrogens is 792 g/mol. The Kier molecular flexibility index (Phi) is 14.4. The second-order valence-corrected chi connectivity index (χ2v) is 13.3. The van der Waals surface area contributed by atoms with Gasteiger partial charge in [-0.3, -0.25) is 33.6 Å². The SMILES string of the molecule is CC(=O)Oc1ccc(C=CC(=O)OCC2OC(Oc3cc(OC(C)=O)c4c(c3)OC(c3ccc(OC(C)=O)cc3)CC4=O)C(OC(C)=O)C(OC(C)=O)C2OC(C)=O)cc1. The van der Waals surface area contributed by atoms with Gasteiger partial charge in [-0.2, -0.15) is 0 Å². The van der Waals surface area contributed by atoms with Crippen molar-refractivity contribution in [2.45, 2.75) is 84.8 Å². The molecule has 1 fully saturated rings. The third kappa shape index (κ3) is 12.0. The first-order chi connectivity index (χ1) is 28.4. The molecule has 0 bridgehead atoms. The van der Waals surface area contributed by atoms with Gasteiger partial charge in [-0.1, -0.05) is 24.3 Å². The summed E-state index contributed by atoms with van der Waals surface area (Å²) in [7, 11) is 0. The van der Waals surface area contributed by atoms with Gasteiger partial charge in [0.25, 0.3) is 0 Å². The lowest BCUT2D eigenvalue weighted by Gasteiger charge is -2.44. The predicted molar refractivity (Wildman–Crippen MR) is 202 cm³/mol. The number of carbonyl (C=O) groups is 8. The smallest absolute Gasteiger partial charge is 0.330 e. The number of ketones is 1. The van der Waals surface area contributed by atoms with Gasteiger partial charge in [-0.15, -0.1) is 0 Å². The molecule has 2 aliphatic heterocycles. The van der Waals surface area contributed by atoms with Gasteiger partial charge in [0.15, 0.2) is 18.0 Å². The minimum Gasteiger partial charge on any atom is -0.484 e. The molecule has 2 aliphatic rings. The number of fused-ring (bicyclic) bond motifs is 1. The number of benzene rings is 3. The number of rotatable bonds is 13.